The average Bonchev–Trinajstić information content (AvgIpc) is 3.30. The SMILES string of the molecule is Cc1nc2cc(Cl)c(NC(=O)[C@@H]3C[C@@H]4C[C@@H]4N3C(=O)C3Cc4ccccc4CN3C)cc2o1. The largest absolute Gasteiger partial charge is 0.441 e. The highest BCUT2D eigenvalue weighted by Crippen LogP contribution is 2.49. The van der Waals surface area contributed by atoms with Crippen LogP contribution in [0.4, 0.5) is 5.69 Å². The summed E-state index contributed by atoms with van der Waals surface area (Å²) in [6.07, 6.45) is 2.34. The molecule has 1 aromatic heterocycles. The van der Waals surface area contributed by atoms with Gasteiger partial charge in [0.05, 0.1) is 16.8 Å². The van der Waals surface area contributed by atoms with Gasteiger partial charge in [-0.15, -0.1) is 0 Å². The molecule has 3 aliphatic rings. The van der Waals surface area contributed by atoms with Crippen molar-refractivity contribution in [2.24, 2.45) is 5.92 Å². The standard InChI is InChI=1S/C25H25ClN4O3/c1-13-27-19-10-17(26)18(11-23(19)33-13)28-24(31)21-9-16-8-20(16)30(21)25(32)22-7-14-5-3-4-6-15(14)12-29(22)2/h3-6,10-11,16,20-22H,7-9,12H2,1-2H3,(H,28,31)/t16-,20-,21-,22?/m0/s1. The van der Waals surface area contributed by atoms with E-state index in [4.69, 9.17) is 16.0 Å². The molecule has 0 radical (unpaired) electrons. The van der Waals surface area contributed by atoms with Crippen molar-refractivity contribution in [1.82, 2.24) is 14.8 Å². The Kier molecular flexibility index (Phi) is 4.74. The number of likely N-dealkylation sites (tertiary alicyclic amines) is 1. The van der Waals surface area contributed by atoms with Gasteiger partial charge in [-0.1, -0.05) is 35.9 Å². The minimum absolute atomic E-state index is 0.0459. The molecule has 0 spiro atoms. The van der Waals surface area contributed by atoms with E-state index in [-0.39, 0.29) is 23.9 Å². The van der Waals surface area contributed by atoms with E-state index < -0.39 is 6.04 Å². The van der Waals surface area contributed by atoms with Crippen LogP contribution in [0.5, 0.6) is 0 Å². The molecule has 8 heteroatoms. The lowest BCUT2D eigenvalue weighted by molar-refractivity contribution is -0.142. The summed E-state index contributed by atoms with van der Waals surface area (Å²) in [6, 6.07) is 11.1. The Morgan fingerprint density at radius 2 is 1.94 bits per heavy atom. The minimum atomic E-state index is -0.491. The van der Waals surface area contributed by atoms with Crippen LogP contribution in [0.3, 0.4) is 0 Å². The number of carbonyl (C=O) groups is 2. The normalized spacial score (nSPS) is 26.2. The van der Waals surface area contributed by atoms with Gasteiger partial charge >= 0.3 is 0 Å². The molecule has 4 atom stereocenters. The number of nitrogens with zero attached hydrogens (tertiary/aromatic N) is 3. The quantitative estimate of drug-likeness (QED) is 0.638. The van der Waals surface area contributed by atoms with Crippen LogP contribution < -0.4 is 5.32 Å². The number of hydrogen-bond acceptors (Lipinski definition) is 5. The zero-order valence-corrected chi connectivity index (χ0v) is 19.3. The lowest BCUT2D eigenvalue weighted by Gasteiger charge is -2.37. The van der Waals surface area contributed by atoms with Crippen molar-refractivity contribution in [2.75, 3.05) is 12.4 Å². The third-order valence-corrected chi connectivity index (χ3v) is 7.58. The molecule has 7 nitrogen and oxygen atoms in total. The molecule has 170 valence electrons. The van der Waals surface area contributed by atoms with Crippen LogP contribution >= 0.6 is 11.6 Å². The molecule has 33 heavy (non-hydrogen) atoms. The summed E-state index contributed by atoms with van der Waals surface area (Å²) < 4.78 is 5.58. The molecule has 1 saturated heterocycles. The number of aromatic nitrogens is 1. The molecule has 2 aromatic carbocycles. The van der Waals surface area contributed by atoms with E-state index in [1.54, 1.807) is 19.1 Å². The summed E-state index contributed by atoms with van der Waals surface area (Å²) >= 11 is 6.40. The number of benzene rings is 2. The minimum Gasteiger partial charge on any atom is -0.441 e. The van der Waals surface area contributed by atoms with Crippen LogP contribution in [0, 0.1) is 12.8 Å². The number of piperidine rings is 1. The van der Waals surface area contributed by atoms with Gasteiger partial charge in [0.15, 0.2) is 11.5 Å². The summed E-state index contributed by atoms with van der Waals surface area (Å²) in [5.74, 6) is 0.785. The number of nitrogens with one attached hydrogen (secondary N) is 1. The van der Waals surface area contributed by atoms with Crippen LogP contribution in [0.2, 0.25) is 5.02 Å². The van der Waals surface area contributed by atoms with Crippen molar-refractivity contribution in [1.29, 1.82) is 0 Å². The van der Waals surface area contributed by atoms with Crippen molar-refractivity contribution >= 4 is 40.2 Å². The van der Waals surface area contributed by atoms with Gasteiger partial charge in [0, 0.05) is 25.6 Å². The first kappa shape index (κ1) is 20.7. The van der Waals surface area contributed by atoms with E-state index in [2.05, 4.69) is 27.3 Å². The highest BCUT2D eigenvalue weighted by Gasteiger charge is 2.57. The molecule has 1 N–H and O–H groups in total. The third-order valence-electron chi connectivity index (χ3n) is 7.27. The number of oxazole rings is 1. The molecule has 3 aromatic rings. The number of fused-ring (bicyclic) bond motifs is 3. The molecule has 3 heterocycles. The van der Waals surface area contributed by atoms with Gasteiger partial charge in [-0.25, -0.2) is 4.98 Å². The average molecular weight is 465 g/mol. The Labute approximate surface area is 196 Å². The lowest BCUT2D eigenvalue weighted by atomic mass is 9.93. The van der Waals surface area contributed by atoms with Crippen molar-refractivity contribution < 1.29 is 14.0 Å². The van der Waals surface area contributed by atoms with E-state index in [0.29, 0.717) is 46.5 Å². The topological polar surface area (TPSA) is 78.7 Å². The fourth-order valence-corrected chi connectivity index (χ4v) is 5.69. The molecule has 2 amide bonds. The lowest BCUT2D eigenvalue weighted by Crippen LogP contribution is -2.54. The Balaban J connectivity index is 1.24. The predicted molar refractivity (Wildman–Crippen MR) is 125 cm³/mol. The van der Waals surface area contributed by atoms with Gasteiger partial charge < -0.3 is 14.6 Å². The second-order valence-corrected chi connectivity index (χ2v) is 9.89. The molecule has 1 saturated carbocycles. The molecular weight excluding hydrogens is 440 g/mol. The van der Waals surface area contributed by atoms with Crippen LogP contribution in [0.1, 0.15) is 29.9 Å². The number of carbonyl (C=O) groups excluding carboxylic acids is 2. The van der Waals surface area contributed by atoms with Gasteiger partial charge in [-0.05, 0) is 49.4 Å². The van der Waals surface area contributed by atoms with E-state index in [0.717, 1.165) is 13.0 Å². The monoisotopic (exact) mass is 464 g/mol. The molecular formula is C25H25ClN4O3. The number of aryl methyl sites for hydroxylation is 1. The number of rotatable bonds is 3. The maximum atomic E-state index is 13.7. The van der Waals surface area contributed by atoms with E-state index in [9.17, 15) is 9.59 Å². The van der Waals surface area contributed by atoms with Gasteiger partial charge in [0.2, 0.25) is 11.8 Å². The number of anilines is 1. The maximum absolute atomic E-state index is 13.7. The third kappa shape index (κ3) is 3.50. The van der Waals surface area contributed by atoms with Gasteiger partial charge in [0.25, 0.3) is 0 Å². The fourth-order valence-electron chi connectivity index (χ4n) is 5.48. The van der Waals surface area contributed by atoms with Crippen LogP contribution in [-0.2, 0) is 22.6 Å². The fraction of sp³-hybridized carbons (Fsp3) is 0.400. The van der Waals surface area contributed by atoms with E-state index >= 15 is 0 Å². The van der Waals surface area contributed by atoms with Crippen molar-refractivity contribution in [3.05, 3.63) is 58.4 Å². The zero-order chi connectivity index (χ0) is 22.9. The highest BCUT2D eigenvalue weighted by atomic mass is 35.5. The number of likely N-dealkylation sites (N-methyl/N-ethyl adjacent to an activating group) is 1. The molecule has 2 aliphatic heterocycles. The van der Waals surface area contributed by atoms with Crippen LogP contribution in [-0.4, -0.2) is 51.8 Å². The maximum Gasteiger partial charge on any atom is 0.247 e. The Bertz CT molecular complexity index is 1290. The van der Waals surface area contributed by atoms with Crippen LogP contribution in [0.25, 0.3) is 11.1 Å². The Morgan fingerprint density at radius 1 is 1.15 bits per heavy atom. The van der Waals surface area contributed by atoms with Crippen LogP contribution in [0.15, 0.2) is 40.8 Å². The van der Waals surface area contributed by atoms with Gasteiger partial charge in [-0.3, -0.25) is 14.5 Å². The molecule has 0 bridgehead atoms. The van der Waals surface area contributed by atoms with Gasteiger partial charge in [-0.2, -0.15) is 0 Å². The summed E-state index contributed by atoms with van der Waals surface area (Å²) in [7, 11) is 1.99. The van der Waals surface area contributed by atoms with Crippen molar-refractivity contribution in [3.63, 3.8) is 0 Å². The second kappa shape index (κ2) is 7.57. The molecule has 1 aliphatic carbocycles. The summed E-state index contributed by atoms with van der Waals surface area (Å²) in [5, 5.41) is 3.34. The molecule has 2 fully saturated rings. The number of amides is 2. The van der Waals surface area contributed by atoms with Crippen molar-refractivity contribution in [2.45, 2.75) is 50.9 Å². The van der Waals surface area contributed by atoms with Gasteiger partial charge in [0.1, 0.15) is 11.6 Å². The predicted octanol–water partition coefficient (Wildman–Crippen LogP) is 3.77. The van der Waals surface area contributed by atoms with E-state index in [1.807, 2.05) is 24.1 Å². The summed E-state index contributed by atoms with van der Waals surface area (Å²) in [4.78, 5) is 35.3. The summed E-state index contributed by atoms with van der Waals surface area (Å²) in [6.45, 7) is 2.50. The van der Waals surface area contributed by atoms with Crippen molar-refractivity contribution in [3.8, 4) is 0 Å². The smallest absolute Gasteiger partial charge is 0.247 e. The first-order valence-corrected chi connectivity index (χ1v) is 11.7. The Morgan fingerprint density at radius 3 is 2.76 bits per heavy atom. The first-order chi connectivity index (χ1) is 15.9. The molecule has 1 unspecified atom stereocenters. The zero-order valence-electron chi connectivity index (χ0n) is 18.5. The molecule has 6 rings (SSSR count). The second-order valence-electron chi connectivity index (χ2n) is 9.49. The number of hydrogen-bond donors (Lipinski definition) is 1. The first-order valence-electron chi connectivity index (χ1n) is 11.4. The Hall–Kier alpha value is -2.90. The summed E-state index contributed by atoms with van der Waals surface area (Å²) in [5.41, 5.74) is 4.16. The number of halogens is 1. The highest BCUT2D eigenvalue weighted by molar-refractivity contribution is 6.34. The van der Waals surface area contributed by atoms with E-state index in [1.165, 1.54) is 11.1 Å².